The summed E-state index contributed by atoms with van der Waals surface area (Å²) in [6, 6.07) is 0. The Hall–Kier alpha value is -0.720. The summed E-state index contributed by atoms with van der Waals surface area (Å²) in [7, 11) is 1.87. The molecule has 15 heavy (non-hydrogen) atoms. The van der Waals surface area contributed by atoms with Gasteiger partial charge in [-0.3, -0.25) is 0 Å². The molecule has 5 nitrogen and oxygen atoms in total. The molecule has 1 aromatic rings. The van der Waals surface area contributed by atoms with Crippen LogP contribution in [0.1, 0.15) is 18.5 Å². The predicted molar refractivity (Wildman–Crippen MR) is 58.1 cm³/mol. The summed E-state index contributed by atoms with van der Waals surface area (Å²) in [5.41, 5.74) is 0.897. The highest BCUT2D eigenvalue weighted by atomic mass is 32.1. The molecular weight excluding hydrogens is 214 g/mol. The SMILES string of the molecule is CNc1snnc1COC1CCOCC1. The van der Waals surface area contributed by atoms with E-state index in [1.54, 1.807) is 0 Å². The summed E-state index contributed by atoms with van der Waals surface area (Å²) < 4.78 is 14.9. The summed E-state index contributed by atoms with van der Waals surface area (Å²) in [6.07, 6.45) is 2.27. The lowest BCUT2D eigenvalue weighted by atomic mass is 10.1. The van der Waals surface area contributed by atoms with Crippen molar-refractivity contribution in [3.63, 3.8) is 0 Å². The van der Waals surface area contributed by atoms with Crippen LogP contribution in [0.25, 0.3) is 0 Å². The maximum Gasteiger partial charge on any atom is 0.135 e. The molecule has 2 rings (SSSR count). The van der Waals surface area contributed by atoms with E-state index in [0.717, 1.165) is 36.8 Å². The number of hydrogen-bond donors (Lipinski definition) is 1. The average molecular weight is 229 g/mol. The molecule has 1 aromatic heterocycles. The molecule has 1 N–H and O–H groups in total. The number of nitrogens with one attached hydrogen (secondary N) is 1. The fourth-order valence-electron chi connectivity index (χ4n) is 1.53. The molecule has 0 atom stereocenters. The largest absolute Gasteiger partial charge is 0.381 e. The van der Waals surface area contributed by atoms with E-state index in [-0.39, 0.29) is 0 Å². The minimum absolute atomic E-state index is 0.310. The van der Waals surface area contributed by atoms with Crippen LogP contribution >= 0.6 is 11.5 Å². The molecule has 1 fully saturated rings. The van der Waals surface area contributed by atoms with Crippen LogP contribution in [0.2, 0.25) is 0 Å². The highest BCUT2D eigenvalue weighted by Gasteiger charge is 2.15. The standard InChI is InChI=1S/C9H15N3O2S/c1-10-9-8(11-12-15-9)6-14-7-2-4-13-5-3-7/h7,10H,2-6H2,1H3. The highest BCUT2D eigenvalue weighted by Crippen LogP contribution is 2.19. The van der Waals surface area contributed by atoms with Crippen LogP contribution in [0.15, 0.2) is 0 Å². The Morgan fingerprint density at radius 2 is 2.33 bits per heavy atom. The molecule has 0 saturated carbocycles. The van der Waals surface area contributed by atoms with Crippen LogP contribution < -0.4 is 5.32 Å². The van der Waals surface area contributed by atoms with Crippen LogP contribution in [0, 0.1) is 0 Å². The van der Waals surface area contributed by atoms with Crippen molar-refractivity contribution >= 4 is 16.5 Å². The lowest BCUT2D eigenvalue weighted by Gasteiger charge is -2.21. The van der Waals surface area contributed by atoms with Gasteiger partial charge in [-0.15, -0.1) is 5.10 Å². The van der Waals surface area contributed by atoms with Crippen molar-refractivity contribution in [2.45, 2.75) is 25.6 Å². The molecule has 0 radical (unpaired) electrons. The summed E-state index contributed by atoms with van der Waals surface area (Å²) >= 11 is 1.36. The molecule has 1 aliphatic heterocycles. The van der Waals surface area contributed by atoms with E-state index >= 15 is 0 Å². The van der Waals surface area contributed by atoms with E-state index in [1.807, 2.05) is 7.05 Å². The van der Waals surface area contributed by atoms with Gasteiger partial charge in [0.1, 0.15) is 10.7 Å². The minimum atomic E-state index is 0.310. The Labute approximate surface area is 92.9 Å². The van der Waals surface area contributed by atoms with Gasteiger partial charge in [0.15, 0.2) is 0 Å². The van der Waals surface area contributed by atoms with Gasteiger partial charge < -0.3 is 14.8 Å². The molecule has 0 aliphatic carbocycles. The molecule has 0 unspecified atom stereocenters. The number of hydrogen-bond acceptors (Lipinski definition) is 6. The van der Waals surface area contributed by atoms with Gasteiger partial charge in [-0.05, 0) is 12.8 Å². The number of aromatic nitrogens is 2. The Balaban J connectivity index is 1.81. The third kappa shape index (κ3) is 2.87. The molecular formula is C9H15N3O2S. The van der Waals surface area contributed by atoms with Crippen molar-refractivity contribution in [2.24, 2.45) is 0 Å². The number of nitrogens with zero attached hydrogens (tertiary/aromatic N) is 2. The molecule has 84 valence electrons. The lowest BCUT2D eigenvalue weighted by Crippen LogP contribution is -2.23. The number of ether oxygens (including phenoxy) is 2. The molecule has 2 heterocycles. The summed E-state index contributed by atoms with van der Waals surface area (Å²) in [5.74, 6) is 0. The summed E-state index contributed by atoms with van der Waals surface area (Å²) in [6.45, 7) is 2.15. The number of rotatable bonds is 4. The molecule has 1 saturated heterocycles. The van der Waals surface area contributed by atoms with Gasteiger partial charge in [0.2, 0.25) is 0 Å². The Morgan fingerprint density at radius 3 is 3.07 bits per heavy atom. The van der Waals surface area contributed by atoms with E-state index in [2.05, 4.69) is 14.9 Å². The van der Waals surface area contributed by atoms with Crippen molar-refractivity contribution in [1.82, 2.24) is 9.59 Å². The number of anilines is 1. The zero-order valence-corrected chi connectivity index (χ0v) is 9.55. The maximum absolute atomic E-state index is 5.75. The van der Waals surface area contributed by atoms with Crippen molar-refractivity contribution in [2.75, 3.05) is 25.6 Å². The highest BCUT2D eigenvalue weighted by molar-refractivity contribution is 7.10. The summed E-state index contributed by atoms with van der Waals surface area (Å²) in [5, 5.41) is 8.06. The molecule has 0 spiro atoms. The predicted octanol–water partition coefficient (Wildman–Crippen LogP) is 1.28. The van der Waals surface area contributed by atoms with E-state index in [4.69, 9.17) is 9.47 Å². The van der Waals surface area contributed by atoms with Crippen molar-refractivity contribution in [3.05, 3.63) is 5.69 Å². The van der Waals surface area contributed by atoms with Gasteiger partial charge in [-0.1, -0.05) is 4.49 Å². The maximum atomic E-state index is 5.75. The van der Waals surface area contributed by atoms with Crippen molar-refractivity contribution in [3.8, 4) is 0 Å². The Morgan fingerprint density at radius 1 is 1.53 bits per heavy atom. The van der Waals surface area contributed by atoms with Crippen LogP contribution in [0.5, 0.6) is 0 Å². The van der Waals surface area contributed by atoms with Gasteiger partial charge >= 0.3 is 0 Å². The third-order valence-electron chi connectivity index (χ3n) is 2.41. The fourth-order valence-corrected chi connectivity index (χ4v) is 2.05. The van der Waals surface area contributed by atoms with Crippen molar-refractivity contribution < 1.29 is 9.47 Å². The Bertz CT molecular complexity index is 299. The van der Waals surface area contributed by atoms with Crippen LogP contribution in [-0.2, 0) is 16.1 Å². The first-order chi connectivity index (χ1) is 7.40. The zero-order valence-electron chi connectivity index (χ0n) is 8.73. The van der Waals surface area contributed by atoms with Gasteiger partial charge in [0, 0.05) is 31.8 Å². The molecule has 6 heteroatoms. The van der Waals surface area contributed by atoms with Crippen molar-refractivity contribution in [1.29, 1.82) is 0 Å². The smallest absolute Gasteiger partial charge is 0.135 e. The Kier molecular flexibility index (Phi) is 3.87. The zero-order chi connectivity index (χ0) is 10.5. The second-order valence-electron chi connectivity index (χ2n) is 3.42. The first kappa shape index (κ1) is 10.8. The van der Waals surface area contributed by atoms with E-state index < -0.39 is 0 Å². The molecule has 0 aromatic carbocycles. The van der Waals surface area contributed by atoms with E-state index in [0.29, 0.717) is 12.7 Å². The first-order valence-corrected chi connectivity index (χ1v) is 5.86. The van der Waals surface area contributed by atoms with E-state index in [1.165, 1.54) is 11.5 Å². The van der Waals surface area contributed by atoms with Gasteiger partial charge in [0.25, 0.3) is 0 Å². The third-order valence-corrected chi connectivity index (χ3v) is 3.19. The first-order valence-electron chi connectivity index (χ1n) is 5.08. The fraction of sp³-hybridized carbons (Fsp3) is 0.778. The van der Waals surface area contributed by atoms with Gasteiger partial charge in [-0.25, -0.2) is 0 Å². The lowest BCUT2D eigenvalue weighted by molar-refractivity contribution is -0.0398. The monoisotopic (exact) mass is 229 g/mol. The molecule has 0 bridgehead atoms. The topological polar surface area (TPSA) is 56.3 Å². The van der Waals surface area contributed by atoms with Gasteiger partial charge in [-0.2, -0.15) is 0 Å². The minimum Gasteiger partial charge on any atom is -0.381 e. The molecule has 1 aliphatic rings. The summed E-state index contributed by atoms with van der Waals surface area (Å²) in [4.78, 5) is 0. The van der Waals surface area contributed by atoms with Crippen LogP contribution in [-0.4, -0.2) is 36.0 Å². The second-order valence-corrected chi connectivity index (χ2v) is 4.18. The van der Waals surface area contributed by atoms with Crippen LogP contribution in [0.3, 0.4) is 0 Å². The van der Waals surface area contributed by atoms with E-state index in [9.17, 15) is 0 Å². The quantitative estimate of drug-likeness (QED) is 0.842. The van der Waals surface area contributed by atoms with Gasteiger partial charge in [0.05, 0.1) is 12.7 Å². The molecule has 0 amide bonds. The van der Waals surface area contributed by atoms with Crippen LogP contribution in [0.4, 0.5) is 5.00 Å². The normalized spacial score (nSPS) is 17.9. The average Bonchev–Trinajstić information content (AvgIpc) is 2.75. The second kappa shape index (κ2) is 5.39.